The van der Waals surface area contributed by atoms with Crippen LogP contribution in [0.4, 0.5) is 5.82 Å². The van der Waals surface area contributed by atoms with Crippen LogP contribution >= 0.6 is 0 Å². The van der Waals surface area contributed by atoms with Crippen molar-refractivity contribution in [3.05, 3.63) is 23.9 Å². The summed E-state index contributed by atoms with van der Waals surface area (Å²) >= 11 is 0. The fourth-order valence-corrected chi connectivity index (χ4v) is 4.61. The summed E-state index contributed by atoms with van der Waals surface area (Å²) in [6.45, 7) is 7.05. The zero-order valence-electron chi connectivity index (χ0n) is 15.9. The van der Waals surface area contributed by atoms with Gasteiger partial charge >= 0.3 is 0 Å². The molecule has 1 aromatic heterocycles. The second kappa shape index (κ2) is 7.53. The molecule has 4 atom stereocenters. The molecule has 0 aromatic carbocycles. The van der Waals surface area contributed by atoms with Crippen LogP contribution in [0.15, 0.2) is 18.3 Å². The molecule has 4 unspecified atom stereocenters. The lowest BCUT2D eigenvalue weighted by Gasteiger charge is -2.45. The number of aromatic nitrogens is 1. The van der Waals surface area contributed by atoms with Crippen molar-refractivity contribution >= 4 is 11.7 Å². The lowest BCUT2D eigenvalue weighted by molar-refractivity contribution is -0.0899. The summed E-state index contributed by atoms with van der Waals surface area (Å²) in [6.07, 6.45) is 6.55. The number of hydrogen-bond donors (Lipinski definition) is 0. The quantitative estimate of drug-likeness (QED) is 0.827. The number of rotatable bonds is 3. The minimum atomic E-state index is 0.0749. The number of piperidine rings is 2. The van der Waals surface area contributed by atoms with Crippen molar-refractivity contribution < 1.29 is 9.53 Å². The molecule has 4 rings (SSSR count). The van der Waals surface area contributed by atoms with Gasteiger partial charge in [-0.05, 0) is 44.7 Å². The van der Waals surface area contributed by atoms with Crippen molar-refractivity contribution in [3.63, 3.8) is 0 Å². The number of pyridine rings is 1. The van der Waals surface area contributed by atoms with Crippen molar-refractivity contribution in [2.24, 2.45) is 0 Å². The number of nitrogens with zero attached hydrogens (tertiary/aromatic N) is 4. The third-order valence-corrected chi connectivity index (χ3v) is 6.26. The maximum absolute atomic E-state index is 13.1. The van der Waals surface area contributed by atoms with Crippen LogP contribution in [0.5, 0.6) is 0 Å². The van der Waals surface area contributed by atoms with Crippen molar-refractivity contribution in [3.8, 4) is 0 Å². The third-order valence-electron chi connectivity index (χ3n) is 6.26. The van der Waals surface area contributed by atoms with Gasteiger partial charge in [0, 0.05) is 51.0 Å². The number of ether oxygens (including phenoxy) is 1. The van der Waals surface area contributed by atoms with Crippen LogP contribution < -0.4 is 4.90 Å². The van der Waals surface area contributed by atoms with Crippen molar-refractivity contribution in [2.45, 2.75) is 50.8 Å². The van der Waals surface area contributed by atoms with Gasteiger partial charge in [-0.1, -0.05) is 0 Å². The van der Waals surface area contributed by atoms with Crippen LogP contribution in [-0.4, -0.2) is 78.7 Å². The maximum atomic E-state index is 13.1. The molecule has 0 N–H and O–H groups in total. The summed E-state index contributed by atoms with van der Waals surface area (Å²) < 4.78 is 5.95. The Bertz CT molecular complexity index is 652. The van der Waals surface area contributed by atoms with Crippen LogP contribution in [0, 0.1) is 0 Å². The van der Waals surface area contributed by atoms with Gasteiger partial charge in [0.2, 0.25) is 0 Å². The largest absolute Gasteiger partial charge is 0.373 e. The van der Waals surface area contributed by atoms with E-state index in [1.165, 1.54) is 19.3 Å². The molecule has 4 heterocycles. The number of likely N-dealkylation sites (N-methyl/N-ethyl adjacent to an activating group) is 1. The van der Waals surface area contributed by atoms with E-state index in [1.807, 2.05) is 24.1 Å². The van der Waals surface area contributed by atoms with Gasteiger partial charge in [0.1, 0.15) is 5.82 Å². The van der Waals surface area contributed by atoms with Gasteiger partial charge < -0.3 is 14.5 Å². The Morgan fingerprint density at radius 1 is 1.27 bits per heavy atom. The normalized spacial score (nSPS) is 31.5. The molecule has 1 aromatic rings. The minimum Gasteiger partial charge on any atom is -0.373 e. The summed E-state index contributed by atoms with van der Waals surface area (Å²) in [7, 11) is 1.92. The molecule has 142 valence electrons. The smallest absolute Gasteiger partial charge is 0.254 e. The lowest BCUT2D eigenvalue weighted by Crippen LogP contribution is -2.59. The van der Waals surface area contributed by atoms with E-state index in [0.717, 1.165) is 50.6 Å². The zero-order chi connectivity index (χ0) is 18.1. The molecular weight excluding hydrogens is 328 g/mol. The summed E-state index contributed by atoms with van der Waals surface area (Å²) in [5, 5.41) is 0. The highest BCUT2D eigenvalue weighted by molar-refractivity contribution is 5.95. The average molecular weight is 358 g/mol. The van der Waals surface area contributed by atoms with E-state index in [1.54, 1.807) is 6.20 Å². The number of hydrogen-bond acceptors (Lipinski definition) is 5. The number of fused-ring (bicyclic) bond motifs is 2. The number of carbonyl (C=O) groups excluding carboxylic acids is 1. The first kappa shape index (κ1) is 17.7. The molecule has 3 aliphatic rings. The van der Waals surface area contributed by atoms with Crippen molar-refractivity contribution in [1.29, 1.82) is 0 Å². The highest BCUT2D eigenvalue weighted by atomic mass is 16.5. The molecule has 0 radical (unpaired) electrons. The molecule has 2 bridgehead atoms. The van der Waals surface area contributed by atoms with Crippen LogP contribution in [0.25, 0.3) is 0 Å². The Hall–Kier alpha value is -1.66. The summed E-state index contributed by atoms with van der Waals surface area (Å²) in [6, 6.07) is 4.45. The molecule has 3 saturated heterocycles. The summed E-state index contributed by atoms with van der Waals surface area (Å²) in [5.74, 6) is 1.01. The third kappa shape index (κ3) is 3.45. The Morgan fingerprint density at radius 2 is 2.15 bits per heavy atom. The van der Waals surface area contributed by atoms with Gasteiger partial charge in [-0.3, -0.25) is 9.69 Å². The van der Waals surface area contributed by atoms with E-state index >= 15 is 0 Å². The van der Waals surface area contributed by atoms with E-state index in [-0.39, 0.29) is 18.1 Å². The highest BCUT2D eigenvalue weighted by Gasteiger charge is 2.37. The average Bonchev–Trinajstić information content (AvgIpc) is 2.68. The predicted molar refractivity (Wildman–Crippen MR) is 102 cm³/mol. The van der Waals surface area contributed by atoms with Crippen LogP contribution in [0.2, 0.25) is 0 Å². The van der Waals surface area contributed by atoms with Crippen LogP contribution in [0.1, 0.15) is 43.0 Å². The van der Waals surface area contributed by atoms with Gasteiger partial charge in [0.15, 0.2) is 0 Å². The van der Waals surface area contributed by atoms with E-state index < -0.39 is 0 Å². The Kier molecular flexibility index (Phi) is 5.14. The van der Waals surface area contributed by atoms with E-state index in [0.29, 0.717) is 6.04 Å². The molecule has 3 aliphatic heterocycles. The monoisotopic (exact) mass is 358 g/mol. The van der Waals surface area contributed by atoms with Crippen LogP contribution in [0.3, 0.4) is 0 Å². The number of morpholine rings is 1. The Morgan fingerprint density at radius 3 is 3.00 bits per heavy atom. The second-order valence-corrected chi connectivity index (χ2v) is 7.92. The van der Waals surface area contributed by atoms with Gasteiger partial charge in [-0.25, -0.2) is 4.98 Å². The minimum absolute atomic E-state index is 0.0749. The zero-order valence-corrected chi connectivity index (χ0v) is 15.9. The first-order chi connectivity index (χ1) is 12.6. The van der Waals surface area contributed by atoms with E-state index in [2.05, 4.69) is 21.7 Å². The molecule has 0 saturated carbocycles. The van der Waals surface area contributed by atoms with Crippen LogP contribution in [-0.2, 0) is 4.74 Å². The van der Waals surface area contributed by atoms with E-state index in [9.17, 15) is 4.79 Å². The Balaban J connectivity index is 1.49. The first-order valence-corrected chi connectivity index (χ1v) is 9.97. The molecule has 1 amide bonds. The van der Waals surface area contributed by atoms with Crippen molar-refractivity contribution in [1.82, 2.24) is 14.8 Å². The lowest BCUT2D eigenvalue weighted by atomic mass is 9.98. The number of carbonyl (C=O) groups is 1. The number of anilines is 1. The Labute approximate surface area is 156 Å². The SMILES string of the molecule is CC1CCCCN1c1cc(C(=O)N(C)C2CCN3CCOC2C3)ccn1. The molecule has 6 nitrogen and oxygen atoms in total. The maximum Gasteiger partial charge on any atom is 0.254 e. The fraction of sp³-hybridized carbons (Fsp3) is 0.700. The predicted octanol–water partition coefficient (Wildman–Crippen LogP) is 2.01. The fourth-order valence-electron chi connectivity index (χ4n) is 4.61. The highest BCUT2D eigenvalue weighted by Crippen LogP contribution is 2.26. The second-order valence-electron chi connectivity index (χ2n) is 7.92. The molecular formula is C20H30N4O2. The topological polar surface area (TPSA) is 48.9 Å². The molecule has 0 aliphatic carbocycles. The van der Waals surface area contributed by atoms with Crippen molar-refractivity contribution in [2.75, 3.05) is 44.7 Å². The molecule has 3 fully saturated rings. The standard InChI is InChI=1S/C20H30N4O2/c1-15-5-3-4-9-24(15)19-13-16(6-8-21-19)20(25)22(2)17-7-10-23-11-12-26-18(17)14-23/h6,8,13,15,17-18H,3-5,7,9-12,14H2,1-2H3. The summed E-state index contributed by atoms with van der Waals surface area (Å²) in [4.78, 5) is 24.3. The first-order valence-electron chi connectivity index (χ1n) is 9.97. The van der Waals surface area contributed by atoms with Gasteiger partial charge in [0.05, 0.1) is 18.8 Å². The van der Waals surface area contributed by atoms with Gasteiger partial charge in [-0.2, -0.15) is 0 Å². The summed E-state index contributed by atoms with van der Waals surface area (Å²) in [5.41, 5.74) is 0.730. The molecule has 6 heteroatoms. The van der Waals surface area contributed by atoms with E-state index in [4.69, 9.17) is 4.74 Å². The number of amides is 1. The van der Waals surface area contributed by atoms with Gasteiger partial charge in [0.25, 0.3) is 5.91 Å². The molecule has 26 heavy (non-hydrogen) atoms. The van der Waals surface area contributed by atoms with Gasteiger partial charge in [-0.15, -0.1) is 0 Å². The molecule has 0 spiro atoms.